The van der Waals surface area contributed by atoms with Gasteiger partial charge < -0.3 is 14.2 Å². The van der Waals surface area contributed by atoms with E-state index < -0.39 is 5.97 Å². The average molecular weight is 385 g/mol. The number of nitrogens with zero attached hydrogens (tertiary/aromatic N) is 2. The molecule has 0 atom stereocenters. The fraction of sp³-hybridized carbons (Fsp3) is 0.200. The molecule has 4 rings (SSSR count). The van der Waals surface area contributed by atoms with E-state index in [1.165, 1.54) is 6.20 Å². The van der Waals surface area contributed by atoms with Gasteiger partial charge in [0.25, 0.3) is 0 Å². The van der Waals surface area contributed by atoms with Crippen LogP contribution in [-0.4, -0.2) is 29.0 Å². The zero-order valence-electron chi connectivity index (χ0n) is 14.4. The Morgan fingerprint density at radius 1 is 1.15 bits per heavy atom. The second kappa shape index (κ2) is 7.72. The Bertz CT molecular complexity index is 956. The largest absolute Gasteiger partial charge is 0.486 e. The van der Waals surface area contributed by atoms with Crippen molar-refractivity contribution in [3.63, 3.8) is 0 Å². The maximum atomic E-state index is 12.3. The number of aromatic nitrogens is 2. The van der Waals surface area contributed by atoms with Crippen molar-refractivity contribution in [1.82, 2.24) is 9.78 Å². The molecule has 0 N–H and O–H groups in total. The quantitative estimate of drug-likeness (QED) is 0.627. The molecule has 138 valence electrons. The molecule has 0 amide bonds. The zero-order chi connectivity index (χ0) is 18.6. The molecule has 2 heterocycles. The third-order valence-electron chi connectivity index (χ3n) is 4.08. The highest BCUT2D eigenvalue weighted by Crippen LogP contribution is 2.38. The molecule has 0 saturated carbocycles. The molecule has 3 aromatic rings. The number of benzene rings is 2. The van der Waals surface area contributed by atoms with Gasteiger partial charge in [0.05, 0.1) is 23.3 Å². The summed E-state index contributed by atoms with van der Waals surface area (Å²) in [6.45, 7) is 1.60. The number of carbonyl (C=O) groups excluding carboxylic acids is 1. The first-order valence-corrected chi connectivity index (χ1v) is 8.88. The third-order valence-corrected chi connectivity index (χ3v) is 4.36. The van der Waals surface area contributed by atoms with E-state index in [1.54, 1.807) is 23.0 Å². The van der Waals surface area contributed by atoms with Crippen LogP contribution in [0.2, 0.25) is 5.02 Å². The van der Waals surface area contributed by atoms with Crippen molar-refractivity contribution in [2.45, 2.75) is 13.2 Å². The molecule has 0 bridgehead atoms. The minimum atomic E-state index is -0.444. The van der Waals surface area contributed by atoms with E-state index in [0.717, 1.165) is 11.1 Å². The van der Waals surface area contributed by atoms with Crippen molar-refractivity contribution in [3.8, 4) is 11.5 Å². The molecule has 0 fully saturated rings. The summed E-state index contributed by atoms with van der Waals surface area (Å²) < 4.78 is 18.1. The van der Waals surface area contributed by atoms with Gasteiger partial charge in [0.1, 0.15) is 19.8 Å². The summed E-state index contributed by atoms with van der Waals surface area (Å²) in [5, 5.41) is 4.66. The summed E-state index contributed by atoms with van der Waals surface area (Å²) in [5.74, 6) is 0.649. The summed E-state index contributed by atoms with van der Waals surface area (Å²) in [5.41, 5.74) is 2.23. The lowest BCUT2D eigenvalue weighted by Crippen LogP contribution is -2.16. The molecule has 1 aliphatic rings. The molecule has 0 radical (unpaired) electrons. The first-order valence-electron chi connectivity index (χ1n) is 8.50. The van der Waals surface area contributed by atoms with E-state index in [9.17, 15) is 4.79 Å². The monoisotopic (exact) mass is 384 g/mol. The molecule has 1 aliphatic heterocycles. The maximum absolute atomic E-state index is 12.3. The molecule has 0 unspecified atom stereocenters. The molecule has 1 aromatic heterocycles. The van der Waals surface area contributed by atoms with E-state index in [1.807, 2.05) is 30.3 Å². The van der Waals surface area contributed by atoms with Crippen molar-refractivity contribution < 1.29 is 19.0 Å². The minimum absolute atomic E-state index is 0.0824. The van der Waals surface area contributed by atoms with Crippen LogP contribution in [0.1, 0.15) is 21.5 Å². The van der Waals surface area contributed by atoms with Crippen molar-refractivity contribution in [2.75, 3.05) is 13.2 Å². The van der Waals surface area contributed by atoms with Gasteiger partial charge in [-0.3, -0.25) is 4.68 Å². The van der Waals surface area contributed by atoms with Crippen molar-refractivity contribution in [2.24, 2.45) is 0 Å². The summed E-state index contributed by atoms with van der Waals surface area (Å²) in [7, 11) is 0. The zero-order valence-corrected chi connectivity index (χ0v) is 15.2. The number of esters is 1. The molecule has 7 heteroatoms. The molecule has 27 heavy (non-hydrogen) atoms. The van der Waals surface area contributed by atoms with E-state index in [-0.39, 0.29) is 6.61 Å². The Balaban J connectivity index is 1.39. The van der Waals surface area contributed by atoms with E-state index >= 15 is 0 Å². The summed E-state index contributed by atoms with van der Waals surface area (Å²) in [6.07, 6.45) is 3.17. The van der Waals surface area contributed by atoms with Gasteiger partial charge >= 0.3 is 5.97 Å². The Morgan fingerprint density at radius 2 is 1.96 bits per heavy atom. The van der Waals surface area contributed by atoms with Crippen LogP contribution in [0, 0.1) is 0 Å². The highest BCUT2D eigenvalue weighted by molar-refractivity contribution is 6.32. The lowest BCUT2D eigenvalue weighted by molar-refractivity contribution is 0.0472. The Labute approximate surface area is 161 Å². The van der Waals surface area contributed by atoms with E-state index in [2.05, 4.69) is 5.10 Å². The van der Waals surface area contributed by atoms with E-state index in [4.69, 9.17) is 25.8 Å². The fourth-order valence-electron chi connectivity index (χ4n) is 2.81. The minimum Gasteiger partial charge on any atom is -0.486 e. The van der Waals surface area contributed by atoms with Crippen molar-refractivity contribution in [3.05, 3.63) is 76.6 Å². The topological polar surface area (TPSA) is 62.6 Å². The van der Waals surface area contributed by atoms with Crippen LogP contribution in [0.4, 0.5) is 0 Å². The van der Waals surface area contributed by atoms with Gasteiger partial charge in [0.15, 0.2) is 11.5 Å². The molecular formula is C20H17ClN2O4. The van der Waals surface area contributed by atoms with Crippen LogP contribution >= 0.6 is 11.6 Å². The van der Waals surface area contributed by atoms with Gasteiger partial charge in [0, 0.05) is 6.20 Å². The summed E-state index contributed by atoms with van der Waals surface area (Å²) in [4.78, 5) is 12.3. The lowest BCUT2D eigenvalue weighted by atomic mass is 10.2. The standard InChI is InChI=1S/C20H17ClN2O4/c21-17-8-15(9-18-19(17)26-7-6-25-18)13-27-20(24)16-10-22-23(12-16)11-14-4-2-1-3-5-14/h1-5,8-10,12H,6-7,11,13H2. The SMILES string of the molecule is O=C(OCc1cc(Cl)c2c(c1)OCCO2)c1cnn(Cc2ccccc2)c1. The van der Waals surface area contributed by atoms with Crippen LogP contribution < -0.4 is 9.47 Å². The van der Waals surface area contributed by atoms with Gasteiger partial charge in [-0.2, -0.15) is 5.10 Å². The Morgan fingerprint density at radius 3 is 2.81 bits per heavy atom. The van der Waals surface area contributed by atoms with Crippen LogP contribution in [0.3, 0.4) is 0 Å². The van der Waals surface area contributed by atoms with Gasteiger partial charge in [-0.1, -0.05) is 41.9 Å². The number of fused-ring (bicyclic) bond motifs is 1. The second-order valence-electron chi connectivity index (χ2n) is 6.09. The van der Waals surface area contributed by atoms with Gasteiger partial charge in [-0.15, -0.1) is 0 Å². The highest BCUT2D eigenvalue weighted by atomic mass is 35.5. The number of hydrogen-bond donors (Lipinski definition) is 0. The predicted octanol–water partition coefficient (Wildman–Crippen LogP) is 3.71. The molecular weight excluding hydrogens is 368 g/mol. The summed E-state index contributed by atoms with van der Waals surface area (Å²) in [6, 6.07) is 13.4. The molecule has 0 spiro atoms. The van der Waals surface area contributed by atoms with Crippen LogP contribution in [0.15, 0.2) is 54.9 Å². The Hall–Kier alpha value is -2.99. The van der Waals surface area contributed by atoms with Crippen molar-refractivity contribution in [1.29, 1.82) is 0 Å². The summed E-state index contributed by atoms with van der Waals surface area (Å²) >= 11 is 6.20. The molecule has 6 nitrogen and oxygen atoms in total. The molecule has 0 aliphatic carbocycles. The van der Waals surface area contributed by atoms with Crippen molar-refractivity contribution >= 4 is 17.6 Å². The van der Waals surface area contributed by atoms with Crippen LogP contribution in [0.25, 0.3) is 0 Å². The number of ether oxygens (including phenoxy) is 3. The van der Waals surface area contributed by atoms with Gasteiger partial charge in [-0.25, -0.2) is 4.79 Å². The maximum Gasteiger partial charge on any atom is 0.341 e. The number of rotatable bonds is 5. The molecule has 0 saturated heterocycles. The Kier molecular flexibility index (Phi) is 4.98. The number of carbonyl (C=O) groups is 1. The fourth-order valence-corrected chi connectivity index (χ4v) is 3.09. The van der Waals surface area contributed by atoms with Crippen LogP contribution in [-0.2, 0) is 17.9 Å². The van der Waals surface area contributed by atoms with Gasteiger partial charge in [0.2, 0.25) is 0 Å². The number of halogens is 1. The lowest BCUT2D eigenvalue weighted by Gasteiger charge is -2.20. The highest BCUT2D eigenvalue weighted by Gasteiger charge is 2.18. The normalized spacial score (nSPS) is 12.6. The average Bonchev–Trinajstić information content (AvgIpc) is 3.15. The second-order valence-corrected chi connectivity index (χ2v) is 6.50. The number of hydrogen-bond acceptors (Lipinski definition) is 5. The molecule has 2 aromatic carbocycles. The van der Waals surface area contributed by atoms with Crippen LogP contribution in [0.5, 0.6) is 11.5 Å². The van der Waals surface area contributed by atoms with E-state index in [0.29, 0.717) is 41.8 Å². The first-order chi connectivity index (χ1) is 13.2. The third kappa shape index (κ3) is 4.06. The van der Waals surface area contributed by atoms with Gasteiger partial charge in [-0.05, 0) is 23.3 Å². The predicted molar refractivity (Wildman–Crippen MR) is 99.3 cm³/mol. The first kappa shape index (κ1) is 17.4. The smallest absolute Gasteiger partial charge is 0.341 e.